The molecule has 0 aromatic heterocycles. The van der Waals surface area contributed by atoms with Crippen molar-refractivity contribution in [3.63, 3.8) is 0 Å². The minimum absolute atomic E-state index is 0.0188. The molecule has 0 radical (unpaired) electrons. The maximum atomic E-state index is 11.7. The van der Waals surface area contributed by atoms with E-state index in [9.17, 15) is 4.79 Å². The van der Waals surface area contributed by atoms with Gasteiger partial charge in [0.05, 0.1) is 25.9 Å². The van der Waals surface area contributed by atoms with Gasteiger partial charge >= 0.3 is 0 Å². The first-order chi connectivity index (χ1) is 7.77. The normalized spacial score (nSPS) is 21.1. The molecule has 1 amide bonds. The van der Waals surface area contributed by atoms with Crippen molar-refractivity contribution in [3.8, 4) is 0 Å². The lowest BCUT2D eigenvalue weighted by Gasteiger charge is -2.32. The highest BCUT2D eigenvalue weighted by Gasteiger charge is 2.23. The highest BCUT2D eigenvalue weighted by atomic mass is 79.9. The summed E-state index contributed by atoms with van der Waals surface area (Å²) in [5.41, 5.74) is 0. The Hall–Kier alpha value is -0.170. The highest BCUT2D eigenvalue weighted by molar-refractivity contribution is 9.09. The average molecular weight is 296 g/mol. The molecular weight excluding hydrogens is 278 g/mol. The van der Waals surface area contributed by atoms with Gasteiger partial charge in [0, 0.05) is 25.5 Å². The zero-order chi connectivity index (χ0) is 11.8. The SMILES string of the molecule is COCCOCC(=O)N1CCOC(CBr)C1. The number of hydrogen-bond acceptors (Lipinski definition) is 4. The number of amides is 1. The van der Waals surface area contributed by atoms with E-state index in [4.69, 9.17) is 14.2 Å². The molecule has 0 aliphatic carbocycles. The number of nitrogens with zero attached hydrogens (tertiary/aromatic N) is 1. The molecule has 0 saturated carbocycles. The average Bonchev–Trinajstić information content (AvgIpc) is 2.34. The van der Waals surface area contributed by atoms with Gasteiger partial charge in [0.25, 0.3) is 0 Å². The second kappa shape index (κ2) is 8.00. The lowest BCUT2D eigenvalue weighted by atomic mass is 10.3. The topological polar surface area (TPSA) is 48.0 Å². The maximum absolute atomic E-state index is 11.7. The fraction of sp³-hybridized carbons (Fsp3) is 0.900. The van der Waals surface area contributed by atoms with Crippen molar-refractivity contribution in [3.05, 3.63) is 0 Å². The summed E-state index contributed by atoms with van der Waals surface area (Å²) >= 11 is 3.35. The van der Waals surface area contributed by atoms with Gasteiger partial charge in [-0.15, -0.1) is 0 Å². The number of carbonyl (C=O) groups excluding carboxylic acids is 1. The third kappa shape index (κ3) is 4.78. The molecule has 1 heterocycles. The van der Waals surface area contributed by atoms with Crippen LogP contribution in [0.4, 0.5) is 0 Å². The zero-order valence-corrected chi connectivity index (χ0v) is 11.1. The van der Waals surface area contributed by atoms with Crippen LogP contribution in [0.25, 0.3) is 0 Å². The van der Waals surface area contributed by atoms with Gasteiger partial charge in [-0.3, -0.25) is 4.79 Å². The molecule has 0 bridgehead atoms. The monoisotopic (exact) mass is 295 g/mol. The number of alkyl halides is 1. The summed E-state index contributed by atoms with van der Waals surface area (Å²) in [6, 6.07) is 0. The Bertz CT molecular complexity index is 215. The lowest BCUT2D eigenvalue weighted by molar-refractivity contribution is -0.143. The minimum Gasteiger partial charge on any atom is -0.382 e. The van der Waals surface area contributed by atoms with E-state index in [1.54, 1.807) is 12.0 Å². The van der Waals surface area contributed by atoms with E-state index in [1.165, 1.54) is 0 Å². The van der Waals surface area contributed by atoms with Gasteiger partial charge in [0.1, 0.15) is 6.61 Å². The molecule has 1 atom stereocenters. The second-order valence-electron chi connectivity index (χ2n) is 3.53. The van der Waals surface area contributed by atoms with Gasteiger partial charge in [-0.1, -0.05) is 15.9 Å². The third-order valence-corrected chi connectivity index (χ3v) is 3.04. The summed E-state index contributed by atoms with van der Waals surface area (Å²) < 4.78 is 15.5. The van der Waals surface area contributed by atoms with Crippen LogP contribution >= 0.6 is 15.9 Å². The van der Waals surface area contributed by atoms with Crippen LogP contribution in [0, 0.1) is 0 Å². The summed E-state index contributed by atoms with van der Waals surface area (Å²) in [6.07, 6.45) is 0.0941. The van der Waals surface area contributed by atoms with E-state index in [-0.39, 0.29) is 18.6 Å². The molecule has 6 heteroatoms. The Balaban J connectivity index is 2.19. The maximum Gasteiger partial charge on any atom is 0.248 e. The molecule has 1 aliphatic heterocycles. The fourth-order valence-corrected chi connectivity index (χ4v) is 1.82. The van der Waals surface area contributed by atoms with Crippen molar-refractivity contribution in [2.45, 2.75) is 6.10 Å². The van der Waals surface area contributed by atoms with E-state index < -0.39 is 0 Å². The smallest absolute Gasteiger partial charge is 0.248 e. The van der Waals surface area contributed by atoms with Crippen molar-refractivity contribution < 1.29 is 19.0 Å². The minimum atomic E-state index is 0.0188. The lowest BCUT2D eigenvalue weighted by Crippen LogP contribution is -2.47. The molecule has 0 aromatic carbocycles. The van der Waals surface area contributed by atoms with Crippen LogP contribution in [0.1, 0.15) is 0 Å². The van der Waals surface area contributed by atoms with Crippen LogP contribution < -0.4 is 0 Å². The number of halogens is 1. The number of hydrogen-bond donors (Lipinski definition) is 0. The van der Waals surface area contributed by atoms with Gasteiger partial charge in [0.2, 0.25) is 5.91 Å². The molecule has 16 heavy (non-hydrogen) atoms. The van der Waals surface area contributed by atoms with Crippen molar-refractivity contribution in [1.29, 1.82) is 0 Å². The summed E-state index contributed by atoms with van der Waals surface area (Å²) in [5.74, 6) is 0.0188. The number of rotatable bonds is 6. The molecular formula is C10H18BrNO4. The third-order valence-electron chi connectivity index (χ3n) is 2.32. The molecule has 1 aliphatic rings. The van der Waals surface area contributed by atoms with Gasteiger partial charge in [-0.25, -0.2) is 0 Å². The van der Waals surface area contributed by atoms with Crippen LogP contribution in [0.2, 0.25) is 0 Å². The molecule has 5 nitrogen and oxygen atoms in total. The van der Waals surface area contributed by atoms with Gasteiger partial charge < -0.3 is 19.1 Å². The molecule has 1 saturated heterocycles. The largest absolute Gasteiger partial charge is 0.382 e. The number of carbonyl (C=O) groups is 1. The van der Waals surface area contributed by atoms with Crippen molar-refractivity contribution in [2.75, 3.05) is 52.0 Å². The molecule has 0 N–H and O–H groups in total. The molecule has 1 fully saturated rings. The van der Waals surface area contributed by atoms with Crippen molar-refractivity contribution in [1.82, 2.24) is 4.90 Å². The van der Waals surface area contributed by atoms with E-state index >= 15 is 0 Å². The molecule has 0 aromatic rings. The van der Waals surface area contributed by atoms with Crippen LogP contribution in [0.3, 0.4) is 0 Å². The number of ether oxygens (including phenoxy) is 3. The fourth-order valence-electron chi connectivity index (χ4n) is 1.43. The predicted octanol–water partition coefficient (Wildman–Crippen LogP) is 0.272. The van der Waals surface area contributed by atoms with E-state index in [1.807, 2.05) is 0 Å². The van der Waals surface area contributed by atoms with Gasteiger partial charge in [-0.05, 0) is 0 Å². The summed E-state index contributed by atoms with van der Waals surface area (Å²) in [4.78, 5) is 13.5. The first-order valence-corrected chi connectivity index (χ1v) is 6.42. The molecule has 94 valence electrons. The Morgan fingerprint density at radius 1 is 1.56 bits per heavy atom. The molecule has 1 rings (SSSR count). The number of methoxy groups -OCH3 is 1. The standard InChI is InChI=1S/C10H18BrNO4/c1-14-4-5-15-8-10(13)12-2-3-16-9(6-11)7-12/h9H,2-8H2,1H3. The van der Waals surface area contributed by atoms with E-state index in [0.717, 1.165) is 5.33 Å². The first kappa shape index (κ1) is 13.9. The van der Waals surface area contributed by atoms with Crippen molar-refractivity contribution in [2.24, 2.45) is 0 Å². The Kier molecular flexibility index (Phi) is 6.95. The van der Waals surface area contributed by atoms with Crippen LogP contribution in [0.15, 0.2) is 0 Å². The Labute approximate surface area is 104 Å². The molecule has 1 unspecified atom stereocenters. The van der Waals surface area contributed by atoms with Crippen molar-refractivity contribution >= 4 is 21.8 Å². The Morgan fingerprint density at radius 2 is 2.38 bits per heavy atom. The first-order valence-electron chi connectivity index (χ1n) is 5.30. The van der Waals surface area contributed by atoms with E-state index in [2.05, 4.69) is 15.9 Å². The summed E-state index contributed by atoms with van der Waals surface area (Å²) in [7, 11) is 1.60. The number of morpholine rings is 1. The van der Waals surface area contributed by atoms with Crippen LogP contribution in [0.5, 0.6) is 0 Å². The van der Waals surface area contributed by atoms with Crippen LogP contribution in [-0.4, -0.2) is 68.9 Å². The van der Waals surface area contributed by atoms with Gasteiger partial charge in [0.15, 0.2) is 0 Å². The van der Waals surface area contributed by atoms with Crippen LogP contribution in [-0.2, 0) is 19.0 Å². The molecule has 0 spiro atoms. The highest BCUT2D eigenvalue weighted by Crippen LogP contribution is 2.07. The summed E-state index contributed by atoms with van der Waals surface area (Å²) in [5, 5.41) is 0.751. The zero-order valence-electron chi connectivity index (χ0n) is 9.49. The Morgan fingerprint density at radius 3 is 3.06 bits per heavy atom. The predicted molar refractivity (Wildman–Crippen MR) is 62.8 cm³/mol. The van der Waals surface area contributed by atoms with Gasteiger partial charge in [-0.2, -0.15) is 0 Å². The second-order valence-corrected chi connectivity index (χ2v) is 4.18. The quantitative estimate of drug-likeness (QED) is 0.521. The summed E-state index contributed by atoms with van der Waals surface area (Å²) in [6.45, 7) is 2.97. The van der Waals surface area contributed by atoms with E-state index in [0.29, 0.717) is 32.9 Å².